The number of esters is 1. The summed E-state index contributed by atoms with van der Waals surface area (Å²) in [4.78, 5) is 11.4. The Labute approximate surface area is 126 Å². The number of nitrogens with one attached hydrogen (secondary N) is 1. The van der Waals surface area contributed by atoms with Crippen molar-refractivity contribution in [3.05, 3.63) is 34.9 Å². The van der Waals surface area contributed by atoms with Crippen molar-refractivity contribution in [2.75, 3.05) is 24.7 Å². The average molecular weight is 295 g/mol. The summed E-state index contributed by atoms with van der Waals surface area (Å²) in [6, 6.07) is 6.81. The molecule has 0 saturated carbocycles. The lowest BCUT2D eigenvalue weighted by atomic mass is 10.0. The second-order valence-electron chi connectivity index (χ2n) is 4.79. The minimum Gasteiger partial charge on any atom is -0.465 e. The number of carbonyl (C=O) groups excluding carboxylic acids is 1. The van der Waals surface area contributed by atoms with E-state index in [1.165, 1.54) is 16.7 Å². The van der Waals surface area contributed by atoms with Crippen LogP contribution in [0, 0.1) is 13.8 Å². The van der Waals surface area contributed by atoms with Crippen LogP contribution in [-0.2, 0) is 9.53 Å². The van der Waals surface area contributed by atoms with Crippen LogP contribution in [0.1, 0.15) is 36.6 Å². The van der Waals surface area contributed by atoms with Gasteiger partial charge in [-0.05, 0) is 38.4 Å². The van der Waals surface area contributed by atoms with Gasteiger partial charge in [0, 0.05) is 11.8 Å². The summed E-state index contributed by atoms with van der Waals surface area (Å²) >= 11 is 1.62. The van der Waals surface area contributed by atoms with E-state index >= 15 is 0 Å². The van der Waals surface area contributed by atoms with E-state index in [0.29, 0.717) is 12.4 Å². The molecule has 20 heavy (non-hydrogen) atoms. The van der Waals surface area contributed by atoms with Crippen molar-refractivity contribution in [2.24, 2.45) is 0 Å². The molecular weight excluding hydrogens is 270 g/mol. The highest BCUT2D eigenvalue weighted by Crippen LogP contribution is 2.22. The molecule has 0 spiro atoms. The van der Waals surface area contributed by atoms with Gasteiger partial charge in [0.2, 0.25) is 0 Å². The van der Waals surface area contributed by atoms with Gasteiger partial charge in [-0.1, -0.05) is 30.7 Å². The van der Waals surface area contributed by atoms with Gasteiger partial charge >= 0.3 is 5.97 Å². The van der Waals surface area contributed by atoms with Crippen LogP contribution in [0.25, 0.3) is 0 Å². The van der Waals surface area contributed by atoms with Crippen LogP contribution >= 0.6 is 11.8 Å². The maximum Gasteiger partial charge on any atom is 0.315 e. The van der Waals surface area contributed by atoms with Crippen LogP contribution in [0.3, 0.4) is 0 Å². The topological polar surface area (TPSA) is 38.3 Å². The zero-order valence-electron chi connectivity index (χ0n) is 12.9. The lowest BCUT2D eigenvalue weighted by molar-refractivity contribution is -0.139. The number of benzene rings is 1. The Morgan fingerprint density at radius 3 is 2.70 bits per heavy atom. The highest BCUT2D eigenvalue weighted by atomic mass is 32.2. The molecule has 0 aliphatic carbocycles. The van der Waals surface area contributed by atoms with E-state index in [-0.39, 0.29) is 12.0 Å². The third kappa shape index (κ3) is 5.55. The van der Waals surface area contributed by atoms with Crippen molar-refractivity contribution >= 4 is 17.7 Å². The average Bonchev–Trinajstić information content (AvgIpc) is 2.38. The Morgan fingerprint density at radius 2 is 2.10 bits per heavy atom. The molecule has 1 aromatic carbocycles. The first-order chi connectivity index (χ1) is 9.58. The van der Waals surface area contributed by atoms with Gasteiger partial charge in [0.25, 0.3) is 0 Å². The van der Waals surface area contributed by atoms with Gasteiger partial charge in [-0.2, -0.15) is 0 Å². The smallest absolute Gasteiger partial charge is 0.315 e. The third-order valence-electron chi connectivity index (χ3n) is 3.06. The highest BCUT2D eigenvalue weighted by molar-refractivity contribution is 7.99. The lowest BCUT2D eigenvalue weighted by Gasteiger charge is -2.20. The Hall–Kier alpha value is -1.00. The number of hydrogen-bond donors (Lipinski definition) is 1. The fraction of sp³-hybridized carbons (Fsp3) is 0.562. The Balaban J connectivity index is 2.62. The minimum atomic E-state index is -0.131. The maximum absolute atomic E-state index is 11.4. The minimum absolute atomic E-state index is 0.131. The van der Waals surface area contributed by atoms with E-state index in [0.717, 1.165) is 12.3 Å². The SMILES string of the molecule is CCNC(CSCC(=O)OCC)c1ccc(C)cc1C. The summed E-state index contributed by atoms with van der Waals surface area (Å²) in [6.07, 6.45) is 0. The van der Waals surface area contributed by atoms with Crippen molar-refractivity contribution in [3.63, 3.8) is 0 Å². The van der Waals surface area contributed by atoms with Crippen molar-refractivity contribution < 1.29 is 9.53 Å². The monoisotopic (exact) mass is 295 g/mol. The summed E-state index contributed by atoms with van der Waals surface area (Å²) in [7, 11) is 0. The van der Waals surface area contributed by atoms with Crippen LogP contribution in [0.4, 0.5) is 0 Å². The second-order valence-corrected chi connectivity index (χ2v) is 5.82. The van der Waals surface area contributed by atoms with Crippen LogP contribution in [0.2, 0.25) is 0 Å². The summed E-state index contributed by atoms with van der Waals surface area (Å²) < 4.78 is 4.95. The molecule has 0 saturated heterocycles. The molecule has 3 nitrogen and oxygen atoms in total. The molecule has 112 valence electrons. The van der Waals surface area contributed by atoms with Gasteiger partial charge in [-0.3, -0.25) is 4.79 Å². The fourth-order valence-electron chi connectivity index (χ4n) is 2.18. The highest BCUT2D eigenvalue weighted by Gasteiger charge is 2.14. The molecule has 0 bridgehead atoms. The molecule has 1 rings (SSSR count). The second kappa shape index (κ2) is 9.03. The van der Waals surface area contributed by atoms with E-state index in [1.807, 2.05) is 6.92 Å². The molecule has 0 amide bonds. The third-order valence-corrected chi connectivity index (χ3v) is 4.07. The quantitative estimate of drug-likeness (QED) is 0.747. The number of aryl methyl sites for hydroxylation is 2. The Bertz CT molecular complexity index is 434. The number of rotatable bonds is 8. The van der Waals surface area contributed by atoms with Crippen molar-refractivity contribution in [1.82, 2.24) is 5.32 Å². The van der Waals surface area contributed by atoms with Crippen molar-refractivity contribution in [3.8, 4) is 0 Å². The van der Waals surface area contributed by atoms with E-state index in [1.54, 1.807) is 11.8 Å². The zero-order valence-corrected chi connectivity index (χ0v) is 13.7. The first kappa shape index (κ1) is 17.1. The number of thioether (sulfide) groups is 1. The number of carbonyl (C=O) groups is 1. The Kier molecular flexibility index (Phi) is 7.70. The normalized spacial score (nSPS) is 12.2. The molecule has 4 heteroatoms. The van der Waals surface area contributed by atoms with Gasteiger partial charge in [0.1, 0.15) is 0 Å². The van der Waals surface area contributed by atoms with Gasteiger partial charge in [-0.25, -0.2) is 0 Å². The van der Waals surface area contributed by atoms with Crippen LogP contribution in [0.5, 0.6) is 0 Å². The standard InChI is InChI=1S/C16H25NO2S/c1-5-17-15(10-20-11-16(18)19-6-2)14-8-7-12(3)9-13(14)4/h7-9,15,17H,5-6,10-11H2,1-4H3. The number of hydrogen-bond acceptors (Lipinski definition) is 4. The Morgan fingerprint density at radius 1 is 1.35 bits per heavy atom. The summed E-state index contributed by atoms with van der Waals surface area (Å²) in [5, 5.41) is 3.49. The summed E-state index contributed by atoms with van der Waals surface area (Å²) in [6.45, 7) is 9.55. The molecule has 0 aromatic heterocycles. The molecule has 0 fully saturated rings. The molecule has 1 atom stereocenters. The van der Waals surface area contributed by atoms with E-state index in [2.05, 4.69) is 44.3 Å². The largest absolute Gasteiger partial charge is 0.465 e. The fourth-order valence-corrected chi connectivity index (χ4v) is 3.09. The molecule has 1 unspecified atom stereocenters. The van der Waals surface area contributed by atoms with Crippen LogP contribution in [-0.4, -0.2) is 30.6 Å². The molecule has 1 aromatic rings. The van der Waals surface area contributed by atoms with Gasteiger partial charge in [0.15, 0.2) is 0 Å². The molecule has 0 aliphatic heterocycles. The molecular formula is C16H25NO2S. The molecule has 0 radical (unpaired) electrons. The number of ether oxygens (including phenoxy) is 1. The predicted octanol–water partition coefficient (Wildman–Crippen LogP) is 3.25. The molecule has 0 aliphatic rings. The van der Waals surface area contributed by atoms with Crippen molar-refractivity contribution in [1.29, 1.82) is 0 Å². The molecule has 1 N–H and O–H groups in total. The van der Waals surface area contributed by atoms with Crippen LogP contribution < -0.4 is 5.32 Å². The first-order valence-electron chi connectivity index (χ1n) is 7.12. The van der Waals surface area contributed by atoms with Gasteiger partial charge in [0.05, 0.1) is 12.4 Å². The zero-order chi connectivity index (χ0) is 15.0. The van der Waals surface area contributed by atoms with Crippen LogP contribution in [0.15, 0.2) is 18.2 Å². The summed E-state index contributed by atoms with van der Waals surface area (Å²) in [5.74, 6) is 1.16. The predicted molar refractivity (Wildman–Crippen MR) is 86.3 cm³/mol. The van der Waals surface area contributed by atoms with E-state index < -0.39 is 0 Å². The van der Waals surface area contributed by atoms with E-state index in [4.69, 9.17) is 4.74 Å². The van der Waals surface area contributed by atoms with Crippen molar-refractivity contribution in [2.45, 2.75) is 33.7 Å². The summed E-state index contributed by atoms with van der Waals surface area (Å²) in [5.41, 5.74) is 3.89. The van der Waals surface area contributed by atoms with Gasteiger partial charge in [-0.15, -0.1) is 11.8 Å². The first-order valence-corrected chi connectivity index (χ1v) is 8.27. The molecule has 0 heterocycles. The lowest BCUT2D eigenvalue weighted by Crippen LogP contribution is -2.24. The van der Waals surface area contributed by atoms with E-state index in [9.17, 15) is 4.79 Å². The maximum atomic E-state index is 11.4. The van der Waals surface area contributed by atoms with Gasteiger partial charge < -0.3 is 10.1 Å².